The molecule has 22 heavy (non-hydrogen) atoms. The molecule has 2 heterocycles. The molecule has 0 aliphatic rings. The van der Waals surface area contributed by atoms with Gasteiger partial charge in [0.05, 0.1) is 16.4 Å². The highest BCUT2D eigenvalue weighted by atomic mass is 16.1. The van der Waals surface area contributed by atoms with Crippen molar-refractivity contribution in [3.8, 4) is 11.5 Å². The van der Waals surface area contributed by atoms with E-state index in [0.717, 1.165) is 10.9 Å². The second kappa shape index (κ2) is 4.77. The average molecular weight is 287 g/mol. The summed E-state index contributed by atoms with van der Waals surface area (Å²) in [6.45, 7) is 0. The third-order valence-electron chi connectivity index (χ3n) is 3.81. The van der Waals surface area contributed by atoms with Gasteiger partial charge >= 0.3 is 0 Å². The normalized spacial score (nSPS) is 11.1. The predicted octanol–water partition coefficient (Wildman–Crippen LogP) is 3.15. The van der Waals surface area contributed by atoms with Gasteiger partial charge in [0.2, 0.25) is 0 Å². The lowest BCUT2D eigenvalue weighted by atomic mass is 10.2. The van der Waals surface area contributed by atoms with E-state index in [1.54, 1.807) is 17.7 Å². The van der Waals surface area contributed by atoms with Gasteiger partial charge in [-0.1, -0.05) is 36.4 Å². The van der Waals surface area contributed by atoms with Gasteiger partial charge < -0.3 is 0 Å². The highest BCUT2D eigenvalue weighted by molar-refractivity contribution is 5.82. The molecule has 0 aliphatic heterocycles. The number of nitrogens with zero attached hydrogens (tertiary/aromatic N) is 3. The number of hydrogen-bond donors (Lipinski definition) is 0. The second-order valence-corrected chi connectivity index (χ2v) is 5.21. The lowest BCUT2D eigenvalue weighted by Crippen LogP contribution is -2.20. The monoisotopic (exact) mass is 287 g/mol. The van der Waals surface area contributed by atoms with E-state index in [4.69, 9.17) is 0 Å². The number of rotatable bonds is 1. The van der Waals surface area contributed by atoms with Crippen LogP contribution in [0, 0.1) is 0 Å². The molecule has 0 amide bonds. The van der Waals surface area contributed by atoms with Crippen LogP contribution in [0.2, 0.25) is 0 Å². The zero-order valence-electron chi connectivity index (χ0n) is 12.0. The van der Waals surface area contributed by atoms with Crippen molar-refractivity contribution < 1.29 is 0 Å². The minimum Gasteiger partial charge on any atom is -0.294 e. The summed E-state index contributed by atoms with van der Waals surface area (Å²) in [7, 11) is 1.73. The Hall–Kier alpha value is -3.01. The van der Waals surface area contributed by atoms with E-state index in [1.165, 1.54) is 0 Å². The molecule has 2 aromatic heterocycles. The molecule has 0 unspecified atom stereocenters. The minimum absolute atomic E-state index is 0.0597. The van der Waals surface area contributed by atoms with Crippen molar-refractivity contribution >= 4 is 21.8 Å². The first-order valence-corrected chi connectivity index (χ1v) is 7.06. The van der Waals surface area contributed by atoms with Crippen LogP contribution in [0.1, 0.15) is 0 Å². The van der Waals surface area contributed by atoms with Crippen LogP contribution >= 0.6 is 0 Å². The summed E-state index contributed by atoms with van der Waals surface area (Å²) in [5.41, 5.74) is 2.22. The summed E-state index contributed by atoms with van der Waals surface area (Å²) in [6.07, 6.45) is 0. The standard InChI is InChI=1S/C18H13N3O/c1-21-17(20-15-9-5-3-7-13(15)18(21)22)16-11-10-12-6-2-4-8-14(12)19-16/h2-11H,1H3. The molecule has 0 atom stereocenters. The number of aromatic nitrogens is 3. The van der Waals surface area contributed by atoms with Crippen LogP contribution in [0.5, 0.6) is 0 Å². The largest absolute Gasteiger partial charge is 0.294 e. The number of para-hydroxylation sites is 2. The van der Waals surface area contributed by atoms with Gasteiger partial charge in [0.25, 0.3) is 5.56 Å². The molecule has 2 aromatic carbocycles. The summed E-state index contributed by atoms with van der Waals surface area (Å²) in [4.78, 5) is 21.7. The highest BCUT2D eigenvalue weighted by Gasteiger charge is 2.11. The molecule has 0 saturated carbocycles. The molecular formula is C18H13N3O. The average Bonchev–Trinajstić information content (AvgIpc) is 2.58. The van der Waals surface area contributed by atoms with Gasteiger partial charge in [-0.2, -0.15) is 0 Å². The first kappa shape index (κ1) is 12.7. The van der Waals surface area contributed by atoms with Gasteiger partial charge in [-0.3, -0.25) is 9.36 Å². The second-order valence-electron chi connectivity index (χ2n) is 5.21. The molecule has 4 nitrogen and oxygen atoms in total. The Morgan fingerprint density at radius 2 is 1.55 bits per heavy atom. The van der Waals surface area contributed by atoms with E-state index in [-0.39, 0.29) is 5.56 Å². The van der Waals surface area contributed by atoms with Crippen molar-refractivity contribution in [1.82, 2.24) is 14.5 Å². The Bertz CT molecular complexity index is 1070. The maximum absolute atomic E-state index is 12.5. The fourth-order valence-corrected chi connectivity index (χ4v) is 2.64. The minimum atomic E-state index is -0.0597. The molecule has 0 saturated heterocycles. The van der Waals surface area contributed by atoms with Gasteiger partial charge in [0.15, 0.2) is 5.82 Å². The number of hydrogen-bond acceptors (Lipinski definition) is 3. The zero-order chi connectivity index (χ0) is 15.1. The Morgan fingerprint density at radius 1 is 0.818 bits per heavy atom. The van der Waals surface area contributed by atoms with E-state index in [9.17, 15) is 4.79 Å². The summed E-state index contributed by atoms with van der Waals surface area (Å²) < 4.78 is 1.56. The van der Waals surface area contributed by atoms with E-state index >= 15 is 0 Å². The fourth-order valence-electron chi connectivity index (χ4n) is 2.64. The van der Waals surface area contributed by atoms with Gasteiger partial charge in [-0.25, -0.2) is 9.97 Å². The molecule has 0 radical (unpaired) electrons. The summed E-state index contributed by atoms with van der Waals surface area (Å²) >= 11 is 0. The predicted molar refractivity (Wildman–Crippen MR) is 87.7 cm³/mol. The SMILES string of the molecule is Cn1c(-c2ccc3ccccc3n2)nc2ccccc2c1=O. The first-order chi connectivity index (χ1) is 10.7. The van der Waals surface area contributed by atoms with Crippen LogP contribution in [0.15, 0.2) is 65.5 Å². The molecule has 0 aliphatic carbocycles. The molecule has 106 valence electrons. The van der Waals surface area contributed by atoms with Crippen LogP contribution in [0.3, 0.4) is 0 Å². The number of benzene rings is 2. The molecule has 4 heteroatoms. The molecule has 0 fully saturated rings. The Labute approximate surface area is 126 Å². The van der Waals surface area contributed by atoms with E-state index < -0.39 is 0 Å². The van der Waals surface area contributed by atoms with Crippen molar-refractivity contribution in [2.24, 2.45) is 7.05 Å². The van der Waals surface area contributed by atoms with Crippen LogP contribution < -0.4 is 5.56 Å². The molecule has 0 spiro atoms. The Morgan fingerprint density at radius 3 is 2.41 bits per heavy atom. The molecule has 0 N–H and O–H groups in total. The zero-order valence-corrected chi connectivity index (χ0v) is 12.0. The van der Waals surface area contributed by atoms with Crippen molar-refractivity contribution in [2.75, 3.05) is 0 Å². The van der Waals surface area contributed by atoms with Crippen molar-refractivity contribution in [3.05, 3.63) is 71.0 Å². The van der Waals surface area contributed by atoms with E-state index in [2.05, 4.69) is 9.97 Å². The van der Waals surface area contributed by atoms with Crippen LogP contribution in [0.25, 0.3) is 33.3 Å². The fraction of sp³-hybridized carbons (Fsp3) is 0.0556. The van der Waals surface area contributed by atoms with Gasteiger partial charge in [-0.15, -0.1) is 0 Å². The van der Waals surface area contributed by atoms with Crippen LogP contribution in [0.4, 0.5) is 0 Å². The van der Waals surface area contributed by atoms with E-state index in [0.29, 0.717) is 22.4 Å². The molecule has 4 rings (SSSR count). The van der Waals surface area contributed by atoms with Crippen molar-refractivity contribution in [3.63, 3.8) is 0 Å². The maximum atomic E-state index is 12.5. The first-order valence-electron chi connectivity index (χ1n) is 7.06. The quantitative estimate of drug-likeness (QED) is 0.540. The van der Waals surface area contributed by atoms with Gasteiger partial charge in [-0.05, 0) is 24.3 Å². The van der Waals surface area contributed by atoms with E-state index in [1.807, 2.05) is 54.6 Å². The van der Waals surface area contributed by atoms with Crippen LogP contribution in [-0.2, 0) is 7.05 Å². The van der Waals surface area contributed by atoms with Crippen molar-refractivity contribution in [1.29, 1.82) is 0 Å². The lowest BCUT2D eigenvalue weighted by Gasteiger charge is -2.09. The number of pyridine rings is 1. The topological polar surface area (TPSA) is 47.8 Å². The third kappa shape index (κ3) is 1.89. The molecule has 0 bridgehead atoms. The Balaban J connectivity index is 2.03. The summed E-state index contributed by atoms with van der Waals surface area (Å²) in [5, 5.41) is 1.69. The van der Waals surface area contributed by atoms with Gasteiger partial charge in [0.1, 0.15) is 5.69 Å². The third-order valence-corrected chi connectivity index (χ3v) is 3.81. The highest BCUT2D eigenvalue weighted by Crippen LogP contribution is 2.20. The smallest absolute Gasteiger partial charge is 0.261 e. The number of fused-ring (bicyclic) bond motifs is 2. The van der Waals surface area contributed by atoms with Crippen LogP contribution in [-0.4, -0.2) is 14.5 Å². The Kier molecular flexibility index (Phi) is 2.76. The van der Waals surface area contributed by atoms with Gasteiger partial charge in [0, 0.05) is 12.4 Å². The summed E-state index contributed by atoms with van der Waals surface area (Å²) in [6, 6.07) is 19.2. The summed E-state index contributed by atoms with van der Waals surface area (Å²) in [5.74, 6) is 0.578. The lowest BCUT2D eigenvalue weighted by molar-refractivity contribution is 0.851. The van der Waals surface area contributed by atoms with Crippen molar-refractivity contribution in [2.45, 2.75) is 0 Å². The maximum Gasteiger partial charge on any atom is 0.261 e. The molecule has 4 aromatic rings. The molecular weight excluding hydrogens is 274 g/mol.